The Balaban J connectivity index is 1.93. The molecule has 3 nitrogen and oxygen atoms in total. The van der Waals surface area contributed by atoms with Crippen molar-refractivity contribution in [3.8, 4) is 11.5 Å². The van der Waals surface area contributed by atoms with E-state index in [4.69, 9.17) is 4.74 Å². The monoisotopic (exact) mass is 455 g/mol. The normalized spacial score (nSPS) is 12.1. The molecule has 0 fully saturated rings. The number of aliphatic imine (C=N–C) groups is 1. The second kappa shape index (κ2) is 10.7. The van der Waals surface area contributed by atoms with Crippen LogP contribution in [-0.2, 0) is 10.8 Å². The molecule has 1 N–H and O–H groups in total. The van der Waals surface area contributed by atoms with E-state index >= 15 is 0 Å². The molecule has 0 aliphatic carbocycles. The number of phenols is 1. The number of phenolic OH excluding ortho intramolecular Hbond substituents is 1. The van der Waals surface area contributed by atoms with Crippen LogP contribution in [0, 0.1) is 0 Å². The minimum atomic E-state index is -0.361. The maximum atomic E-state index is 11.3. The number of rotatable bonds is 9. The SMILES string of the molecule is C=CCCCOc1ccc(N=Cc2cc(C(C)(C)C)cc(C(C)(C)c3ccccc3)c2O)cc1. The average Bonchev–Trinajstić information content (AvgIpc) is 2.81. The molecule has 0 aliphatic heterocycles. The molecule has 3 heteroatoms. The summed E-state index contributed by atoms with van der Waals surface area (Å²) in [5.74, 6) is 1.10. The van der Waals surface area contributed by atoms with Crippen LogP contribution in [0.15, 0.2) is 84.4 Å². The van der Waals surface area contributed by atoms with E-state index < -0.39 is 0 Å². The van der Waals surface area contributed by atoms with Crippen molar-refractivity contribution in [3.05, 3.63) is 102 Å². The number of hydrogen-bond acceptors (Lipinski definition) is 3. The molecule has 0 unspecified atom stereocenters. The molecular weight excluding hydrogens is 418 g/mol. The van der Waals surface area contributed by atoms with E-state index in [0.717, 1.165) is 46.5 Å². The van der Waals surface area contributed by atoms with Crippen molar-refractivity contribution >= 4 is 11.9 Å². The number of nitrogens with zero attached hydrogens (tertiary/aromatic N) is 1. The predicted molar refractivity (Wildman–Crippen MR) is 144 cm³/mol. The molecule has 0 atom stereocenters. The highest BCUT2D eigenvalue weighted by Crippen LogP contribution is 2.41. The molecule has 0 aromatic heterocycles. The van der Waals surface area contributed by atoms with E-state index in [9.17, 15) is 5.11 Å². The lowest BCUT2D eigenvalue weighted by molar-refractivity contribution is 0.312. The molecule has 0 aliphatic rings. The lowest BCUT2D eigenvalue weighted by Crippen LogP contribution is -2.21. The summed E-state index contributed by atoms with van der Waals surface area (Å²) in [4.78, 5) is 4.65. The maximum Gasteiger partial charge on any atom is 0.128 e. The largest absolute Gasteiger partial charge is 0.507 e. The van der Waals surface area contributed by atoms with Crippen molar-refractivity contribution in [2.24, 2.45) is 4.99 Å². The van der Waals surface area contributed by atoms with Gasteiger partial charge >= 0.3 is 0 Å². The van der Waals surface area contributed by atoms with Crippen LogP contribution in [0.4, 0.5) is 5.69 Å². The highest BCUT2D eigenvalue weighted by Gasteiger charge is 2.29. The number of allylic oxidation sites excluding steroid dienone is 1. The highest BCUT2D eigenvalue weighted by atomic mass is 16.5. The quantitative estimate of drug-likeness (QED) is 0.201. The lowest BCUT2D eigenvalue weighted by Gasteiger charge is -2.30. The summed E-state index contributed by atoms with van der Waals surface area (Å²) in [6.45, 7) is 15.3. The smallest absolute Gasteiger partial charge is 0.128 e. The molecule has 0 saturated carbocycles. The second-order valence-electron chi connectivity index (χ2n) is 10.2. The first-order valence-corrected chi connectivity index (χ1v) is 11.9. The summed E-state index contributed by atoms with van der Waals surface area (Å²) in [6.07, 6.45) is 5.56. The van der Waals surface area contributed by atoms with Crippen LogP contribution in [0.1, 0.15) is 69.7 Å². The fourth-order valence-corrected chi connectivity index (χ4v) is 3.87. The fraction of sp³-hybridized carbons (Fsp3) is 0.323. The number of benzene rings is 3. The Kier molecular flexibility index (Phi) is 7.98. The third kappa shape index (κ3) is 6.17. The summed E-state index contributed by atoms with van der Waals surface area (Å²) in [5, 5.41) is 11.3. The van der Waals surface area contributed by atoms with E-state index in [-0.39, 0.29) is 16.6 Å². The predicted octanol–water partition coefficient (Wildman–Crippen LogP) is 8.11. The van der Waals surface area contributed by atoms with Gasteiger partial charge in [0.05, 0.1) is 12.3 Å². The summed E-state index contributed by atoms with van der Waals surface area (Å²) in [5.41, 5.74) is 4.31. The summed E-state index contributed by atoms with van der Waals surface area (Å²) in [6, 6.07) is 22.2. The van der Waals surface area contributed by atoms with Crippen molar-refractivity contribution < 1.29 is 9.84 Å². The number of unbranched alkanes of at least 4 members (excludes halogenated alkanes) is 1. The van der Waals surface area contributed by atoms with Gasteiger partial charge in [0.2, 0.25) is 0 Å². The molecule has 0 bridgehead atoms. The first-order valence-electron chi connectivity index (χ1n) is 11.9. The minimum absolute atomic E-state index is 0.0671. The van der Waals surface area contributed by atoms with Gasteiger partial charge in [0.25, 0.3) is 0 Å². The van der Waals surface area contributed by atoms with Crippen molar-refractivity contribution in [2.45, 2.75) is 58.3 Å². The number of ether oxygens (including phenoxy) is 1. The molecule has 3 rings (SSSR count). The van der Waals surface area contributed by atoms with E-state index in [1.165, 1.54) is 0 Å². The topological polar surface area (TPSA) is 41.8 Å². The molecule has 34 heavy (non-hydrogen) atoms. The molecule has 0 heterocycles. The number of aromatic hydroxyl groups is 1. The van der Waals surface area contributed by atoms with Crippen LogP contribution in [0.3, 0.4) is 0 Å². The van der Waals surface area contributed by atoms with Crippen molar-refractivity contribution in [1.82, 2.24) is 0 Å². The Bertz CT molecular complexity index is 1120. The molecule has 0 saturated heterocycles. The molecule has 0 amide bonds. The molecule has 3 aromatic carbocycles. The standard InChI is InChI=1S/C31H37NO2/c1-7-8-12-19-34-27-17-15-26(16-18-27)32-22-23-20-25(30(2,3)4)21-28(29(23)33)31(5,6)24-13-10-9-11-14-24/h7,9-11,13-18,20-22,33H,1,8,12,19H2,2-6H3. The Morgan fingerprint density at radius 3 is 2.21 bits per heavy atom. The molecule has 0 spiro atoms. The summed E-state index contributed by atoms with van der Waals surface area (Å²) in [7, 11) is 0. The van der Waals surface area contributed by atoms with Gasteiger partial charge < -0.3 is 9.84 Å². The number of hydrogen-bond donors (Lipinski definition) is 1. The van der Waals surface area contributed by atoms with Gasteiger partial charge in [-0.1, -0.05) is 77.1 Å². The van der Waals surface area contributed by atoms with Crippen LogP contribution in [0.2, 0.25) is 0 Å². The van der Waals surface area contributed by atoms with Gasteiger partial charge in [-0.2, -0.15) is 0 Å². The van der Waals surface area contributed by atoms with Crippen molar-refractivity contribution in [3.63, 3.8) is 0 Å². The van der Waals surface area contributed by atoms with Crippen LogP contribution < -0.4 is 4.74 Å². The van der Waals surface area contributed by atoms with Gasteiger partial charge in [-0.25, -0.2) is 0 Å². The van der Waals surface area contributed by atoms with Crippen LogP contribution >= 0.6 is 0 Å². The highest BCUT2D eigenvalue weighted by molar-refractivity contribution is 5.87. The zero-order valence-electron chi connectivity index (χ0n) is 21.1. The van der Waals surface area contributed by atoms with Gasteiger partial charge in [0, 0.05) is 22.8 Å². The van der Waals surface area contributed by atoms with Gasteiger partial charge in [-0.3, -0.25) is 4.99 Å². The minimum Gasteiger partial charge on any atom is -0.507 e. The fourth-order valence-electron chi connectivity index (χ4n) is 3.87. The zero-order valence-corrected chi connectivity index (χ0v) is 21.1. The van der Waals surface area contributed by atoms with E-state index in [1.807, 2.05) is 54.6 Å². The molecular formula is C31H37NO2. The molecule has 3 aromatic rings. The Morgan fingerprint density at radius 1 is 0.912 bits per heavy atom. The van der Waals surface area contributed by atoms with Gasteiger partial charge in [0.15, 0.2) is 0 Å². The third-order valence-electron chi connectivity index (χ3n) is 6.18. The molecule has 0 radical (unpaired) electrons. The van der Waals surface area contributed by atoms with Crippen molar-refractivity contribution in [2.75, 3.05) is 6.61 Å². The Morgan fingerprint density at radius 2 is 1.59 bits per heavy atom. The third-order valence-corrected chi connectivity index (χ3v) is 6.18. The van der Waals surface area contributed by atoms with E-state index in [0.29, 0.717) is 6.61 Å². The lowest BCUT2D eigenvalue weighted by atomic mass is 9.74. The van der Waals surface area contributed by atoms with Gasteiger partial charge in [0.1, 0.15) is 11.5 Å². The molecule has 178 valence electrons. The van der Waals surface area contributed by atoms with E-state index in [1.54, 1.807) is 6.21 Å². The first kappa shape index (κ1) is 25.3. The summed E-state index contributed by atoms with van der Waals surface area (Å²) < 4.78 is 5.75. The van der Waals surface area contributed by atoms with Crippen LogP contribution in [0.5, 0.6) is 11.5 Å². The summed E-state index contributed by atoms with van der Waals surface area (Å²) >= 11 is 0. The average molecular weight is 456 g/mol. The van der Waals surface area contributed by atoms with Gasteiger partial charge in [-0.15, -0.1) is 6.58 Å². The second-order valence-corrected chi connectivity index (χ2v) is 10.2. The Labute approximate surface area is 204 Å². The van der Waals surface area contributed by atoms with Crippen LogP contribution in [-0.4, -0.2) is 17.9 Å². The van der Waals surface area contributed by atoms with E-state index in [2.05, 4.69) is 64.4 Å². The Hall–Kier alpha value is -3.33. The van der Waals surface area contributed by atoms with Crippen LogP contribution in [0.25, 0.3) is 0 Å². The van der Waals surface area contributed by atoms with Gasteiger partial charge in [-0.05, 0) is 59.7 Å². The zero-order chi connectivity index (χ0) is 24.8. The maximum absolute atomic E-state index is 11.3. The first-order chi connectivity index (χ1) is 16.1. The van der Waals surface area contributed by atoms with Crippen molar-refractivity contribution in [1.29, 1.82) is 0 Å².